The second-order valence-corrected chi connectivity index (χ2v) is 25.1. The Kier molecular flexibility index (Phi) is 21.1. The van der Waals surface area contributed by atoms with Crippen molar-refractivity contribution in [1.82, 2.24) is 29.9 Å². The van der Waals surface area contributed by atoms with E-state index in [-0.39, 0.29) is 42.1 Å². The van der Waals surface area contributed by atoms with E-state index in [9.17, 15) is 0 Å². The fourth-order valence-corrected chi connectivity index (χ4v) is 13.7. The van der Waals surface area contributed by atoms with Gasteiger partial charge in [0.05, 0.1) is 39.9 Å². The van der Waals surface area contributed by atoms with E-state index in [1.54, 1.807) is 12.4 Å². The zero-order chi connectivity index (χ0) is 70.1. The summed E-state index contributed by atoms with van der Waals surface area (Å²) in [5, 5.41) is 9.43. The standard InChI is InChI=1S/C30H20NO.2C22H14N3.C22H16N.2Pt/c1-3-11-22(12-4-1)23-13-9-16-25(21-23)31(24-14-5-2-6-15-24)28-19-10-18-27-26-17-7-8-20-29(26)32-30(27)28;2*1-2-10-18-15(7-1)16-8-5-9-17(22(16)25-18)19-12-6-13-21(24-19)20-11-3-4-14-23-20;1-3-11-20(12-4-1)23(21-13-5-2-6-14-21)22-16-15-18-9-7-8-10-19(18)17-22;;/h1,3-21H;2*1-14H;1,3-17H;;/q4*-1;2*+2. The number of anilines is 6. The van der Waals surface area contributed by atoms with Gasteiger partial charge in [0.1, 0.15) is 5.58 Å². The minimum absolute atomic E-state index is 0. The maximum Gasteiger partial charge on any atom is 2.00 e. The van der Waals surface area contributed by atoms with Gasteiger partial charge in [0, 0.05) is 40.2 Å². The number of fused-ring (bicyclic) bond motifs is 10. The maximum atomic E-state index is 6.37. The molecule has 13 aromatic carbocycles. The molecule has 9 nitrogen and oxygen atoms in total. The summed E-state index contributed by atoms with van der Waals surface area (Å²) in [4.78, 5) is 32.7. The summed E-state index contributed by atoms with van der Waals surface area (Å²) in [6.45, 7) is 0. The van der Waals surface area contributed by atoms with Gasteiger partial charge in [-0.1, -0.05) is 242 Å². The van der Waals surface area contributed by atoms with Crippen LogP contribution in [-0.4, -0.2) is 19.9 Å². The van der Waals surface area contributed by atoms with Gasteiger partial charge in [-0.25, -0.2) is 9.97 Å². The van der Waals surface area contributed by atoms with Crippen molar-refractivity contribution in [2.24, 2.45) is 0 Å². The average molecular weight is 1740 g/mol. The van der Waals surface area contributed by atoms with Crippen molar-refractivity contribution in [2.75, 3.05) is 9.80 Å². The molecule has 7 aromatic heterocycles. The Hall–Kier alpha value is -12.9. The van der Waals surface area contributed by atoms with Crippen molar-refractivity contribution < 1.29 is 46.5 Å². The molecule has 0 atom stereocenters. The second kappa shape index (κ2) is 32.4. The minimum Gasteiger partial charge on any atom is -0.656 e. The predicted molar refractivity (Wildman–Crippen MR) is 433 cm³/mol. The molecule has 0 fully saturated rings. The van der Waals surface area contributed by atoms with Crippen molar-refractivity contribution in [3.8, 4) is 56.4 Å². The molecule has 0 radical (unpaired) electrons. The van der Waals surface area contributed by atoms with E-state index >= 15 is 0 Å². The molecule has 0 N–H and O–H groups in total. The molecule has 0 unspecified atom stereocenters. The van der Waals surface area contributed by atoms with Crippen LogP contribution in [-0.2, 0) is 42.1 Å². The van der Waals surface area contributed by atoms with Crippen molar-refractivity contribution >= 4 is 110 Å². The van der Waals surface area contributed by atoms with Crippen molar-refractivity contribution in [2.45, 2.75) is 0 Å². The summed E-state index contributed by atoms with van der Waals surface area (Å²) in [6.07, 6.45) is 3.58. The molecule has 20 rings (SSSR count). The summed E-state index contributed by atoms with van der Waals surface area (Å²) >= 11 is 0. The third-order valence-corrected chi connectivity index (χ3v) is 18.6. The Morgan fingerprint density at radius 2 is 0.710 bits per heavy atom. The maximum absolute atomic E-state index is 6.37. The number of pyridine rings is 4. The Morgan fingerprint density at radius 3 is 1.31 bits per heavy atom. The molecular weight excluding hydrogens is 1670 g/mol. The molecule has 0 spiro atoms. The topological polar surface area (TPSA) is 99.4 Å². The van der Waals surface area contributed by atoms with E-state index in [1.165, 1.54) is 32.7 Å². The van der Waals surface area contributed by atoms with E-state index in [4.69, 9.17) is 24.4 Å². The van der Waals surface area contributed by atoms with Crippen LogP contribution in [0.2, 0.25) is 0 Å². The van der Waals surface area contributed by atoms with Crippen LogP contribution in [0.3, 0.4) is 0 Å². The van der Waals surface area contributed by atoms with E-state index in [0.29, 0.717) is 0 Å². The van der Waals surface area contributed by atoms with Crippen molar-refractivity contribution in [3.05, 3.63) is 401 Å². The van der Waals surface area contributed by atoms with Gasteiger partial charge in [-0.15, -0.1) is 46.3 Å². The predicted octanol–water partition coefficient (Wildman–Crippen LogP) is 24.8. The van der Waals surface area contributed by atoms with Crippen molar-refractivity contribution in [3.63, 3.8) is 0 Å². The van der Waals surface area contributed by atoms with Gasteiger partial charge in [-0.2, -0.15) is 36.4 Å². The van der Waals surface area contributed by atoms with Gasteiger partial charge in [0.2, 0.25) is 0 Å². The number of rotatable bonds is 11. The van der Waals surface area contributed by atoms with Gasteiger partial charge >= 0.3 is 42.1 Å². The first-order valence-electron chi connectivity index (χ1n) is 34.9. The SMILES string of the molecule is [Pt+2].[Pt+2].[c-]1ccc(N(c2cccc(-c3ccccc3)c2)c2cccc3c2oc2ccccc23)cc1.[c-]1ccc(N(c2ccccc2)c2ccc3ccccc3c2)cc1.c1ccc(-c2cccc(-c3cccc4c3[n-]c3ccccc34)n2)nc1.c1ccc(-c2cccc(-c3cccc4c3[n-]c3ccccc34)n2)nc1. The van der Waals surface area contributed by atoms with E-state index in [2.05, 4.69) is 275 Å². The van der Waals surface area contributed by atoms with Gasteiger partial charge < -0.3 is 24.2 Å². The first-order valence-corrected chi connectivity index (χ1v) is 34.9. The van der Waals surface area contributed by atoms with E-state index in [1.807, 2.05) is 133 Å². The van der Waals surface area contributed by atoms with E-state index in [0.717, 1.165) is 134 Å². The Balaban J connectivity index is 0.000000114. The smallest absolute Gasteiger partial charge is 0.656 e. The molecule has 0 saturated heterocycles. The van der Waals surface area contributed by atoms with Crippen LogP contribution in [0.25, 0.3) is 133 Å². The largest absolute Gasteiger partial charge is 2.00 e. The Bertz CT molecular complexity index is 6140. The van der Waals surface area contributed by atoms with Crippen LogP contribution >= 0.6 is 0 Å². The number of furan rings is 1. The first-order chi connectivity index (χ1) is 52.1. The number of nitrogens with zero attached hydrogens (tertiary/aromatic N) is 8. The number of aromatic nitrogens is 6. The molecular formula is C96H64N8OPt2. The average Bonchev–Trinajstić information content (AvgIpc) is 1.61. The van der Waals surface area contributed by atoms with Crippen LogP contribution in [0.1, 0.15) is 0 Å². The summed E-state index contributed by atoms with van der Waals surface area (Å²) in [5.41, 5.74) is 22.1. The van der Waals surface area contributed by atoms with Gasteiger partial charge in [0.25, 0.3) is 0 Å². The monoisotopic (exact) mass is 1730 g/mol. The molecule has 11 heteroatoms. The molecule has 0 amide bonds. The first kappa shape index (κ1) is 69.8. The van der Waals surface area contributed by atoms with Crippen LogP contribution in [0, 0.1) is 12.1 Å². The Labute approximate surface area is 648 Å². The fraction of sp³-hybridized carbons (Fsp3) is 0. The molecule has 20 aromatic rings. The van der Waals surface area contributed by atoms with Gasteiger partial charge in [-0.05, 0) is 152 Å². The summed E-state index contributed by atoms with van der Waals surface area (Å²) in [7, 11) is 0. The fourth-order valence-electron chi connectivity index (χ4n) is 13.7. The molecule has 0 saturated carbocycles. The molecule has 0 aliphatic carbocycles. The summed E-state index contributed by atoms with van der Waals surface area (Å²) in [6, 6.07) is 134. The third-order valence-electron chi connectivity index (χ3n) is 18.6. The van der Waals surface area contributed by atoms with E-state index < -0.39 is 0 Å². The quantitative estimate of drug-likeness (QED) is 0.117. The molecule has 7 heterocycles. The molecule has 0 aliphatic rings. The van der Waals surface area contributed by atoms with Crippen LogP contribution < -0.4 is 19.8 Å². The summed E-state index contributed by atoms with van der Waals surface area (Å²) in [5.74, 6) is 0. The number of para-hydroxylation sites is 7. The second-order valence-electron chi connectivity index (χ2n) is 25.1. The number of hydrogen-bond acceptors (Lipinski definition) is 7. The van der Waals surface area contributed by atoms with Crippen LogP contribution in [0.4, 0.5) is 34.1 Å². The molecule has 107 heavy (non-hydrogen) atoms. The normalized spacial score (nSPS) is 10.8. The third kappa shape index (κ3) is 14.8. The minimum atomic E-state index is 0. The van der Waals surface area contributed by atoms with Crippen molar-refractivity contribution in [1.29, 1.82) is 0 Å². The van der Waals surface area contributed by atoms with Crippen LogP contribution in [0.15, 0.2) is 393 Å². The molecule has 514 valence electrons. The summed E-state index contributed by atoms with van der Waals surface area (Å²) < 4.78 is 6.37. The number of hydrogen-bond donors (Lipinski definition) is 0. The number of benzene rings is 13. The molecule has 0 aliphatic heterocycles. The Morgan fingerprint density at radius 1 is 0.280 bits per heavy atom. The van der Waals surface area contributed by atoms with Crippen LogP contribution in [0.5, 0.6) is 0 Å². The zero-order valence-corrected chi connectivity index (χ0v) is 62.1. The molecule has 0 bridgehead atoms. The van der Waals surface area contributed by atoms with Gasteiger partial charge in [0.15, 0.2) is 5.58 Å². The van der Waals surface area contributed by atoms with Gasteiger partial charge in [-0.3, -0.25) is 9.97 Å². The zero-order valence-electron chi connectivity index (χ0n) is 57.6.